The molecule has 1 aromatic heterocycles. The van der Waals surface area contributed by atoms with Crippen LogP contribution in [0, 0.1) is 5.82 Å². The van der Waals surface area contributed by atoms with Crippen LogP contribution >= 0.6 is 15.9 Å². The summed E-state index contributed by atoms with van der Waals surface area (Å²) in [6.45, 7) is 3.98. The van der Waals surface area contributed by atoms with Crippen molar-refractivity contribution in [1.82, 2.24) is 5.16 Å². The molecule has 3 nitrogen and oxygen atoms in total. The lowest BCUT2D eigenvalue weighted by atomic mass is 9.99. The van der Waals surface area contributed by atoms with Gasteiger partial charge < -0.3 is 10.3 Å². The number of anilines is 1. The molecule has 0 atom stereocenters. The van der Waals surface area contributed by atoms with Gasteiger partial charge in [-0.25, -0.2) is 4.39 Å². The first-order valence-corrected chi connectivity index (χ1v) is 6.00. The quantitative estimate of drug-likeness (QED) is 0.913. The molecule has 0 aliphatic rings. The van der Waals surface area contributed by atoms with E-state index in [9.17, 15) is 4.39 Å². The second kappa shape index (κ2) is 4.49. The Bertz CT molecular complexity index is 551. The summed E-state index contributed by atoms with van der Waals surface area (Å²) in [6.07, 6.45) is 0. The summed E-state index contributed by atoms with van der Waals surface area (Å²) >= 11 is 3.11. The molecule has 0 aliphatic heterocycles. The van der Waals surface area contributed by atoms with E-state index < -0.39 is 0 Å². The third kappa shape index (κ3) is 2.20. The zero-order valence-electron chi connectivity index (χ0n) is 9.50. The van der Waals surface area contributed by atoms with Crippen LogP contribution in [0.3, 0.4) is 0 Å². The van der Waals surface area contributed by atoms with Crippen molar-refractivity contribution in [2.45, 2.75) is 19.8 Å². The fourth-order valence-electron chi connectivity index (χ4n) is 1.71. The molecule has 0 spiro atoms. The van der Waals surface area contributed by atoms with Gasteiger partial charge in [0.25, 0.3) is 0 Å². The molecule has 1 aromatic carbocycles. The first kappa shape index (κ1) is 12.1. The Morgan fingerprint density at radius 1 is 1.41 bits per heavy atom. The Morgan fingerprint density at radius 3 is 2.71 bits per heavy atom. The topological polar surface area (TPSA) is 52.0 Å². The molecule has 2 N–H and O–H groups in total. The maximum atomic E-state index is 13.5. The van der Waals surface area contributed by atoms with Crippen LogP contribution in [0.25, 0.3) is 11.3 Å². The fourth-order valence-corrected chi connectivity index (χ4v) is 1.96. The Hall–Kier alpha value is -1.36. The highest BCUT2D eigenvalue weighted by Gasteiger charge is 2.19. The van der Waals surface area contributed by atoms with E-state index in [1.165, 1.54) is 6.07 Å². The Kier molecular flexibility index (Phi) is 3.19. The standard InChI is InChI=1S/C12H12BrFN2O/c1-6(2)10-11(17-16-12(10)15)7-3-4-8(13)9(14)5-7/h3-6H,1-2H3,(H2,15,16). The van der Waals surface area contributed by atoms with Crippen LogP contribution < -0.4 is 5.73 Å². The van der Waals surface area contributed by atoms with Gasteiger partial charge in [0.05, 0.1) is 4.47 Å². The van der Waals surface area contributed by atoms with E-state index in [0.29, 0.717) is 21.6 Å². The maximum Gasteiger partial charge on any atom is 0.172 e. The van der Waals surface area contributed by atoms with Crippen molar-refractivity contribution in [1.29, 1.82) is 0 Å². The zero-order valence-corrected chi connectivity index (χ0v) is 11.1. The van der Waals surface area contributed by atoms with Crippen molar-refractivity contribution in [3.05, 3.63) is 34.1 Å². The van der Waals surface area contributed by atoms with Crippen LogP contribution in [0.2, 0.25) is 0 Å². The number of hydrogen-bond acceptors (Lipinski definition) is 3. The van der Waals surface area contributed by atoms with Gasteiger partial charge in [-0.3, -0.25) is 0 Å². The molecule has 0 bridgehead atoms. The van der Waals surface area contributed by atoms with Crippen molar-refractivity contribution in [2.75, 3.05) is 5.73 Å². The van der Waals surface area contributed by atoms with E-state index in [0.717, 1.165) is 5.56 Å². The first-order chi connectivity index (χ1) is 8.00. The van der Waals surface area contributed by atoms with Gasteiger partial charge in [0.15, 0.2) is 11.6 Å². The summed E-state index contributed by atoms with van der Waals surface area (Å²) < 4.78 is 19.1. The molecule has 0 saturated heterocycles. The summed E-state index contributed by atoms with van der Waals surface area (Å²) in [5, 5.41) is 3.73. The number of nitrogens with two attached hydrogens (primary N) is 1. The molecule has 0 saturated carbocycles. The first-order valence-electron chi connectivity index (χ1n) is 5.21. The summed E-state index contributed by atoms with van der Waals surface area (Å²) in [5.74, 6) is 0.720. The summed E-state index contributed by atoms with van der Waals surface area (Å²) in [5.41, 5.74) is 7.19. The number of nitrogen functional groups attached to an aromatic ring is 1. The Labute approximate surface area is 107 Å². The molecule has 2 aromatic rings. The average molecular weight is 299 g/mol. The van der Waals surface area contributed by atoms with Gasteiger partial charge in [-0.05, 0) is 40.0 Å². The summed E-state index contributed by atoms with van der Waals surface area (Å²) in [7, 11) is 0. The average Bonchev–Trinajstić information content (AvgIpc) is 2.64. The minimum atomic E-state index is -0.341. The van der Waals surface area contributed by atoms with Gasteiger partial charge in [0, 0.05) is 11.1 Å². The minimum absolute atomic E-state index is 0.169. The lowest BCUT2D eigenvalue weighted by Crippen LogP contribution is -1.95. The lowest BCUT2D eigenvalue weighted by molar-refractivity contribution is 0.434. The SMILES string of the molecule is CC(C)c1c(N)noc1-c1ccc(Br)c(F)c1. The third-order valence-electron chi connectivity index (χ3n) is 2.51. The Morgan fingerprint density at radius 2 is 2.12 bits per heavy atom. The molecule has 2 rings (SSSR count). The minimum Gasteiger partial charge on any atom is -0.381 e. The van der Waals surface area contributed by atoms with Crippen LogP contribution in [0.1, 0.15) is 25.3 Å². The van der Waals surface area contributed by atoms with Crippen LogP contribution in [0.15, 0.2) is 27.2 Å². The summed E-state index contributed by atoms with van der Waals surface area (Å²) in [4.78, 5) is 0. The number of hydrogen-bond donors (Lipinski definition) is 1. The molecule has 5 heteroatoms. The van der Waals surface area contributed by atoms with E-state index in [-0.39, 0.29) is 11.7 Å². The Balaban J connectivity index is 2.56. The molecule has 90 valence electrons. The van der Waals surface area contributed by atoms with Gasteiger partial charge in [-0.15, -0.1) is 0 Å². The van der Waals surface area contributed by atoms with Crippen molar-refractivity contribution in [3.8, 4) is 11.3 Å². The van der Waals surface area contributed by atoms with E-state index in [2.05, 4.69) is 21.1 Å². The molecule has 1 heterocycles. The van der Waals surface area contributed by atoms with Crippen LogP contribution in [-0.4, -0.2) is 5.16 Å². The predicted molar refractivity (Wildman–Crippen MR) is 68.1 cm³/mol. The summed E-state index contributed by atoms with van der Waals surface area (Å²) in [6, 6.07) is 4.79. The maximum absolute atomic E-state index is 13.5. The van der Waals surface area contributed by atoms with E-state index >= 15 is 0 Å². The van der Waals surface area contributed by atoms with Crippen molar-refractivity contribution in [2.24, 2.45) is 0 Å². The normalized spacial score (nSPS) is 11.1. The number of nitrogens with zero attached hydrogens (tertiary/aromatic N) is 1. The molecule has 0 fully saturated rings. The van der Waals surface area contributed by atoms with Crippen LogP contribution in [0.5, 0.6) is 0 Å². The molecule has 0 amide bonds. The van der Waals surface area contributed by atoms with Gasteiger partial charge >= 0.3 is 0 Å². The van der Waals surface area contributed by atoms with Crippen molar-refractivity contribution in [3.63, 3.8) is 0 Å². The molecule has 17 heavy (non-hydrogen) atoms. The number of aromatic nitrogens is 1. The molecule has 0 aliphatic carbocycles. The fraction of sp³-hybridized carbons (Fsp3) is 0.250. The highest BCUT2D eigenvalue weighted by molar-refractivity contribution is 9.10. The number of halogens is 2. The number of rotatable bonds is 2. The molecule has 0 radical (unpaired) electrons. The van der Waals surface area contributed by atoms with Crippen molar-refractivity contribution < 1.29 is 8.91 Å². The van der Waals surface area contributed by atoms with Crippen LogP contribution in [0.4, 0.5) is 10.2 Å². The van der Waals surface area contributed by atoms with Gasteiger partial charge in [-0.1, -0.05) is 19.0 Å². The van der Waals surface area contributed by atoms with Crippen molar-refractivity contribution >= 4 is 21.7 Å². The molecular weight excluding hydrogens is 287 g/mol. The van der Waals surface area contributed by atoms with E-state index in [1.807, 2.05) is 13.8 Å². The highest BCUT2D eigenvalue weighted by atomic mass is 79.9. The highest BCUT2D eigenvalue weighted by Crippen LogP contribution is 2.34. The van der Waals surface area contributed by atoms with Crippen LogP contribution in [-0.2, 0) is 0 Å². The van der Waals surface area contributed by atoms with Gasteiger partial charge in [0.2, 0.25) is 0 Å². The van der Waals surface area contributed by atoms with E-state index in [1.54, 1.807) is 12.1 Å². The smallest absolute Gasteiger partial charge is 0.172 e. The number of benzene rings is 1. The van der Waals surface area contributed by atoms with Gasteiger partial charge in [-0.2, -0.15) is 0 Å². The van der Waals surface area contributed by atoms with Gasteiger partial charge in [0.1, 0.15) is 5.82 Å². The second-order valence-corrected chi connectivity index (χ2v) is 4.95. The zero-order chi connectivity index (χ0) is 12.6. The second-order valence-electron chi connectivity index (χ2n) is 4.09. The lowest BCUT2D eigenvalue weighted by Gasteiger charge is -2.05. The molecular formula is C12H12BrFN2O. The third-order valence-corrected chi connectivity index (χ3v) is 3.16. The van der Waals surface area contributed by atoms with E-state index in [4.69, 9.17) is 10.3 Å². The monoisotopic (exact) mass is 298 g/mol. The largest absolute Gasteiger partial charge is 0.381 e. The predicted octanol–water partition coefficient (Wildman–Crippen LogP) is 3.95. The molecule has 0 unspecified atom stereocenters.